The highest BCUT2D eigenvalue weighted by Crippen LogP contribution is 2.38. The van der Waals surface area contributed by atoms with Crippen LogP contribution in [0.5, 0.6) is 0 Å². The molecule has 0 bridgehead atoms. The minimum absolute atomic E-state index is 0.0741. The number of thiophene rings is 1. The van der Waals surface area contributed by atoms with E-state index >= 15 is 0 Å². The Kier molecular flexibility index (Phi) is 6.04. The van der Waals surface area contributed by atoms with Crippen LogP contribution in [0.4, 0.5) is 5.00 Å². The van der Waals surface area contributed by atoms with Gasteiger partial charge in [-0.1, -0.05) is 18.2 Å². The summed E-state index contributed by atoms with van der Waals surface area (Å²) in [7, 11) is 0. The topological polar surface area (TPSA) is 55.7 Å². The normalized spacial score (nSPS) is 15.8. The third-order valence-electron chi connectivity index (χ3n) is 5.54. The number of hydrogen-bond donors (Lipinski definition) is 2. The molecule has 1 unspecified atom stereocenters. The Labute approximate surface area is 175 Å². The van der Waals surface area contributed by atoms with E-state index in [4.69, 9.17) is 4.74 Å². The van der Waals surface area contributed by atoms with E-state index in [1.807, 2.05) is 42.6 Å². The van der Waals surface area contributed by atoms with E-state index in [1.165, 1.54) is 26.5 Å². The molecule has 1 amide bonds. The maximum Gasteiger partial charge on any atom is 0.256 e. The van der Waals surface area contributed by atoms with Crippen LogP contribution < -0.4 is 10.2 Å². The number of aryl methyl sites for hydroxylation is 1. The van der Waals surface area contributed by atoms with Gasteiger partial charge in [-0.15, -0.1) is 11.3 Å². The number of benzene rings is 1. The fourth-order valence-corrected chi connectivity index (χ4v) is 5.02. The van der Waals surface area contributed by atoms with Gasteiger partial charge in [0, 0.05) is 28.4 Å². The largest absolute Gasteiger partial charge is 0.370 e. The number of hydrogen-bond acceptors (Lipinski definition) is 4. The van der Waals surface area contributed by atoms with Crippen molar-refractivity contribution in [3.8, 4) is 0 Å². The minimum Gasteiger partial charge on any atom is -0.370 e. The molecule has 1 aliphatic rings. The first kappa shape index (κ1) is 19.8. The van der Waals surface area contributed by atoms with E-state index in [9.17, 15) is 4.79 Å². The van der Waals surface area contributed by atoms with Gasteiger partial charge in [0.05, 0.1) is 18.8 Å². The maximum absolute atomic E-state index is 12.9. The molecule has 1 saturated heterocycles. The molecule has 5 nitrogen and oxygen atoms in total. The molecule has 29 heavy (non-hydrogen) atoms. The number of nitrogens with one attached hydrogen (secondary N) is 2. The van der Waals surface area contributed by atoms with Gasteiger partial charge in [0.15, 0.2) is 0 Å². The van der Waals surface area contributed by atoms with Crippen LogP contribution in [0.15, 0.2) is 54.9 Å². The number of rotatable bonds is 5. The van der Waals surface area contributed by atoms with E-state index in [0.29, 0.717) is 5.56 Å². The molecule has 2 N–H and O–H groups in total. The molecule has 1 fully saturated rings. The predicted octanol–water partition coefficient (Wildman–Crippen LogP) is 3.02. The highest BCUT2D eigenvalue weighted by Gasteiger charge is 2.33. The zero-order valence-electron chi connectivity index (χ0n) is 16.8. The van der Waals surface area contributed by atoms with Gasteiger partial charge >= 0.3 is 0 Å². The highest BCUT2D eigenvalue weighted by molar-refractivity contribution is 7.16. The molecule has 0 radical (unpaired) electrons. The van der Waals surface area contributed by atoms with Crippen molar-refractivity contribution in [2.75, 3.05) is 31.6 Å². The Morgan fingerprint density at radius 1 is 1.14 bits per heavy atom. The Balaban J connectivity index is 1.75. The lowest BCUT2D eigenvalue weighted by molar-refractivity contribution is -0.933. The van der Waals surface area contributed by atoms with Crippen LogP contribution >= 0.6 is 11.3 Å². The van der Waals surface area contributed by atoms with Crippen LogP contribution in [0.1, 0.15) is 38.0 Å². The number of carbonyl (C=O) groups excluding carboxylic acids is 1. The van der Waals surface area contributed by atoms with Crippen molar-refractivity contribution in [2.24, 2.45) is 0 Å². The molecule has 1 atom stereocenters. The zero-order valence-corrected chi connectivity index (χ0v) is 17.6. The number of ether oxygens (including phenoxy) is 1. The van der Waals surface area contributed by atoms with Gasteiger partial charge in [0.2, 0.25) is 0 Å². The van der Waals surface area contributed by atoms with Crippen LogP contribution in [0.25, 0.3) is 0 Å². The monoisotopic (exact) mass is 408 g/mol. The fraction of sp³-hybridized carbons (Fsp3) is 0.304. The highest BCUT2D eigenvalue weighted by atomic mass is 32.1. The Bertz CT molecular complexity index is 967. The average molecular weight is 409 g/mol. The second-order valence-electron chi connectivity index (χ2n) is 7.34. The summed E-state index contributed by atoms with van der Waals surface area (Å²) in [5.74, 6) is -0.0741. The molecule has 150 valence electrons. The van der Waals surface area contributed by atoms with Gasteiger partial charge in [-0.25, -0.2) is 0 Å². The number of nitrogens with zero attached hydrogens (tertiary/aromatic N) is 1. The van der Waals surface area contributed by atoms with Crippen LogP contribution in [-0.4, -0.2) is 37.2 Å². The number of quaternary nitrogens is 1. The number of carbonyl (C=O) groups is 1. The summed E-state index contributed by atoms with van der Waals surface area (Å²) in [6, 6.07) is 13.6. The molecule has 2 aromatic heterocycles. The molecule has 0 spiro atoms. The lowest BCUT2D eigenvalue weighted by Gasteiger charge is -2.32. The van der Waals surface area contributed by atoms with E-state index in [-0.39, 0.29) is 11.9 Å². The summed E-state index contributed by atoms with van der Waals surface area (Å²) < 4.78 is 5.61. The van der Waals surface area contributed by atoms with Crippen LogP contribution in [0, 0.1) is 13.8 Å². The third-order valence-corrected chi connectivity index (χ3v) is 6.68. The first-order valence-corrected chi connectivity index (χ1v) is 10.8. The smallest absolute Gasteiger partial charge is 0.256 e. The van der Waals surface area contributed by atoms with Crippen molar-refractivity contribution in [1.82, 2.24) is 4.98 Å². The number of aromatic nitrogens is 1. The molecular weight excluding hydrogens is 382 g/mol. The number of anilines is 1. The summed E-state index contributed by atoms with van der Waals surface area (Å²) in [5, 5.41) is 4.12. The molecule has 1 aliphatic heterocycles. The van der Waals surface area contributed by atoms with Crippen molar-refractivity contribution in [3.63, 3.8) is 0 Å². The van der Waals surface area contributed by atoms with Gasteiger partial charge in [-0.05, 0) is 43.7 Å². The third kappa shape index (κ3) is 4.24. The average Bonchev–Trinajstić information content (AvgIpc) is 3.04. The van der Waals surface area contributed by atoms with Crippen molar-refractivity contribution in [2.45, 2.75) is 19.9 Å². The molecule has 3 aromatic rings. The van der Waals surface area contributed by atoms with E-state index in [2.05, 4.69) is 30.2 Å². The molecule has 6 heteroatoms. The SMILES string of the molecule is Cc1sc(NC(=O)c2ccccc2)c(C(c2cccnc2)[NH+]2CCOCC2)c1C. The van der Waals surface area contributed by atoms with Gasteiger partial charge in [0.25, 0.3) is 5.91 Å². The summed E-state index contributed by atoms with van der Waals surface area (Å²) >= 11 is 1.65. The van der Waals surface area contributed by atoms with Crippen molar-refractivity contribution in [3.05, 3.63) is 82.0 Å². The lowest BCUT2D eigenvalue weighted by Crippen LogP contribution is -3.14. The Hall–Kier alpha value is -2.54. The van der Waals surface area contributed by atoms with E-state index in [0.717, 1.165) is 31.3 Å². The predicted molar refractivity (Wildman–Crippen MR) is 116 cm³/mol. The summed E-state index contributed by atoms with van der Waals surface area (Å²) in [6.07, 6.45) is 3.75. The zero-order chi connectivity index (χ0) is 20.2. The molecule has 0 saturated carbocycles. The lowest BCUT2D eigenvalue weighted by atomic mass is 9.95. The number of pyridine rings is 1. The van der Waals surface area contributed by atoms with Gasteiger partial charge in [0.1, 0.15) is 24.1 Å². The summed E-state index contributed by atoms with van der Waals surface area (Å²) in [5.41, 5.74) is 4.27. The second kappa shape index (κ2) is 8.86. The summed E-state index contributed by atoms with van der Waals surface area (Å²) in [4.78, 5) is 19.9. The van der Waals surface area contributed by atoms with Crippen LogP contribution in [0.3, 0.4) is 0 Å². The van der Waals surface area contributed by atoms with Crippen molar-refractivity contribution in [1.29, 1.82) is 0 Å². The first-order valence-electron chi connectivity index (χ1n) is 9.93. The first-order chi connectivity index (χ1) is 14.1. The van der Waals surface area contributed by atoms with Crippen molar-refractivity contribution < 1.29 is 14.4 Å². The molecule has 1 aromatic carbocycles. The number of amides is 1. The van der Waals surface area contributed by atoms with Gasteiger partial charge in [-0.3, -0.25) is 9.78 Å². The number of morpholine rings is 1. The second-order valence-corrected chi connectivity index (χ2v) is 8.56. The molecule has 3 heterocycles. The van der Waals surface area contributed by atoms with Crippen LogP contribution in [0.2, 0.25) is 0 Å². The van der Waals surface area contributed by atoms with E-state index < -0.39 is 0 Å². The maximum atomic E-state index is 12.9. The van der Waals surface area contributed by atoms with Gasteiger partial charge in [-0.2, -0.15) is 0 Å². The fourth-order valence-electron chi connectivity index (χ4n) is 3.93. The minimum atomic E-state index is -0.0741. The molecule has 0 aliphatic carbocycles. The summed E-state index contributed by atoms with van der Waals surface area (Å²) in [6.45, 7) is 7.64. The van der Waals surface area contributed by atoms with Crippen molar-refractivity contribution >= 4 is 22.2 Å². The quantitative estimate of drug-likeness (QED) is 0.682. The Morgan fingerprint density at radius 3 is 2.59 bits per heavy atom. The van der Waals surface area contributed by atoms with Crippen LogP contribution in [-0.2, 0) is 4.74 Å². The Morgan fingerprint density at radius 2 is 1.90 bits per heavy atom. The van der Waals surface area contributed by atoms with Gasteiger partial charge < -0.3 is 15.0 Å². The van der Waals surface area contributed by atoms with E-state index in [1.54, 1.807) is 17.5 Å². The standard InChI is InChI=1S/C23H25N3O2S/c1-16-17(2)29-23(25-22(27)18-7-4-3-5-8-18)20(16)21(19-9-6-10-24-15-19)26-11-13-28-14-12-26/h3-10,15,21H,11-14H2,1-2H3,(H,25,27)/p+1. The molecular formula is C23H26N3O2S+. The molecule has 4 rings (SSSR count).